The molecule has 146 valence electrons. The fourth-order valence-corrected chi connectivity index (χ4v) is 3.35. The molecule has 7 heteroatoms. The molecule has 1 N–H and O–H groups in total. The van der Waals surface area contributed by atoms with Crippen molar-refractivity contribution in [3.8, 4) is 5.75 Å². The summed E-state index contributed by atoms with van der Waals surface area (Å²) in [5, 5.41) is 3.37. The second-order valence-electron chi connectivity index (χ2n) is 6.43. The predicted molar refractivity (Wildman–Crippen MR) is 105 cm³/mol. The SMILES string of the molecule is COc1ccc(F)cc1C(=O)N(Cc1ccccn1)C1CCCNCC1.Cl. The van der Waals surface area contributed by atoms with Crippen molar-refractivity contribution in [1.29, 1.82) is 0 Å². The first-order valence-electron chi connectivity index (χ1n) is 8.94. The monoisotopic (exact) mass is 393 g/mol. The van der Waals surface area contributed by atoms with E-state index in [0.29, 0.717) is 12.3 Å². The number of rotatable bonds is 5. The molecule has 1 aliphatic rings. The highest BCUT2D eigenvalue weighted by Gasteiger charge is 2.28. The highest BCUT2D eigenvalue weighted by molar-refractivity contribution is 5.97. The van der Waals surface area contributed by atoms with E-state index in [1.54, 1.807) is 6.20 Å². The van der Waals surface area contributed by atoms with Gasteiger partial charge in [-0.2, -0.15) is 0 Å². The molecule has 3 rings (SSSR count). The molecule has 0 aliphatic carbocycles. The van der Waals surface area contributed by atoms with Crippen LogP contribution >= 0.6 is 12.4 Å². The maximum absolute atomic E-state index is 13.8. The van der Waals surface area contributed by atoms with Crippen LogP contribution in [0.2, 0.25) is 0 Å². The van der Waals surface area contributed by atoms with Crippen molar-refractivity contribution >= 4 is 18.3 Å². The average Bonchev–Trinajstić information content (AvgIpc) is 2.95. The summed E-state index contributed by atoms with van der Waals surface area (Å²) in [4.78, 5) is 19.5. The molecule has 5 nitrogen and oxygen atoms in total. The minimum atomic E-state index is -0.450. The third-order valence-corrected chi connectivity index (χ3v) is 4.70. The van der Waals surface area contributed by atoms with Crippen LogP contribution in [0.15, 0.2) is 42.6 Å². The van der Waals surface area contributed by atoms with Crippen molar-refractivity contribution in [2.75, 3.05) is 20.2 Å². The summed E-state index contributed by atoms with van der Waals surface area (Å²) >= 11 is 0. The van der Waals surface area contributed by atoms with Crippen LogP contribution < -0.4 is 10.1 Å². The average molecular weight is 394 g/mol. The zero-order valence-corrected chi connectivity index (χ0v) is 16.2. The van der Waals surface area contributed by atoms with Crippen molar-refractivity contribution in [3.05, 3.63) is 59.7 Å². The Hall–Kier alpha value is -2.18. The van der Waals surface area contributed by atoms with Gasteiger partial charge in [-0.3, -0.25) is 9.78 Å². The largest absolute Gasteiger partial charge is 0.496 e. The van der Waals surface area contributed by atoms with E-state index in [2.05, 4.69) is 10.3 Å². The zero-order valence-electron chi connectivity index (χ0n) is 15.4. The maximum atomic E-state index is 13.8. The molecule has 0 spiro atoms. The molecule has 2 aromatic rings. The second-order valence-corrected chi connectivity index (χ2v) is 6.43. The number of benzene rings is 1. The molecule has 1 unspecified atom stereocenters. The van der Waals surface area contributed by atoms with Crippen LogP contribution in [0.25, 0.3) is 0 Å². The van der Waals surface area contributed by atoms with Crippen LogP contribution in [-0.4, -0.2) is 42.0 Å². The van der Waals surface area contributed by atoms with Crippen molar-refractivity contribution < 1.29 is 13.9 Å². The zero-order chi connectivity index (χ0) is 18.4. The Morgan fingerprint density at radius 1 is 1.30 bits per heavy atom. The van der Waals surface area contributed by atoms with E-state index in [1.807, 2.05) is 23.1 Å². The van der Waals surface area contributed by atoms with E-state index in [0.717, 1.165) is 38.0 Å². The molecule has 0 radical (unpaired) electrons. The van der Waals surface area contributed by atoms with Crippen LogP contribution in [0.5, 0.6) is 5.75 Å². The first-order valence-corrected chi connectivity index (χ1v) is 8.94. The van der Waals surface area contributed by atoms with Gasteiger partial charge in [0, 0.05) is 12.2 Å². The van der Waals surface area contributed by atoms with Gasteiger partial charge in [-0.1, -0.05) is 6.07 Å². The summed E-state index contributed by atoms with van der Waals surface area (Å²) in [6, 6.07) is 9.78. The molecule has 1 fully saturated rings. The Balaban J connectivity index is 0.00000261. The van der Waals surface area contributed by atoms with Crippen LogP contribution in [0, 0.1) is 5.82 Å². The Labute approximate surface area is 165 Å². The highest BCUT2D eigenvalue weighted by Crippen LogP contribution is 2.25. The Morgan fingerprint density at radius 3 is 2.89 bits per heavy atom. The lowest BCUT2D eigenvalue weighted by atomic mass is 10.0. The fourth-order valence-electron chi connectivity index (χ4n) is 3.35. The minimum Gasteiger partial charge on any atom is -0.496 e. The smallest absolute Gasteiger partial charge is 0.258 e. The van der Waals surface area contributed by atoms with Gasteiger partial charge in [0.2, 0.25) is 0 Å². The third-order valence-electron chi connectivity index (χ3n) is 4.70. The lowest BCUT2D eigenvalue weighted by molar-refractivity contribution is 0.0638. The highest BCUT2D eigenvalue weighted by atomic mass is 35.5. The van der Waals surface area contributed by atoms with Gasteiger partial charge in [0.1, 0.15) is 11.6 Å². The van der Waals surface area contributed by atoms with E-state index in [1.165, 1.54) is 25.3 Å². The predicted octanol–water partition coefficient (Wildman–Crippen LogP) is 3.44. The summed E-state index contributed by atoms with van der Waals surface area (Å²) in [6.45, 7) is 2.20. The van der Waals surface area contributed by atoms with Crippen LogP contribution in [0.4, 0.5) is 4.39 Å². The quantitative estimate of drug-likeness (QED) is 0.845. The normalized spacial score (nSPS) is 16.7. The molecule has 2 heterocycles. The van der Waals surface area contributed by atoms with E-state index in [4.69, 9.17) is 4.74 Å². The van der Waals surface area contributed by atoms with E-state index >= 15 is 0 Å². The summed E-state index contributed by atoms with van der Waals surface area (Å²) in [5.41, 5.74) is 1.06. The third kappa shape index (κ3) is 5.40. The standard InChI is InChI=1S/C20H24FN3O2.ClH/c1-26-19-8-7-15(21)13-18(19)20(25)24(14-16-5-2-3-11-23-16)17-6-4-10-22-12-9-17;/h2-3,5,7-8,11,13,17,22H,4,6,9-10,12,14H2,1H3;1H. The number of aromatic nitrogens is 1. The van der Waals surface area contributed by atoms with E-state index < -0.39 is 5.82 Å². The molecule has 27 heavy (non-hydrogen) atoms. The molecule has 0 bridgehead atoms. The lowest BCUT2D eigenvalue weighted by Crippen LogP contribution is -2.40. The number of pyridine rings is 1. The van der Waals surface area contributed by atoms with E-state index in [9.17, 15) is 9.18 Å². The van der Waals surface area contributed by atoms with Gasteiger partial charge in [0.25, 0.3) is 5.91 Å². The minimum absolute atomic E-state index is 0. The number of carbonyl (C=O) groups is 1. The van der Waals surface area contributed by atoms with Crippen molar-refractivity contribution in [2.45, 2.75) is 31.8 Å². The number of nitrogens with zero attached hydrogens (tertiary/aromatic N) is 2. The second kappa shape index (κ2) is 10.2. The topological polar surface area (TPSA) is 54.5 Å². The number of amides is 1. The summed E-state index contributed by atoms with van der Waals surface area (Å²) in [6.07, 6.45) is 4.48. The summed E-state index contributed by atoms with van der Waals surface area (Å²) in [5.74, 6) is -0.289. The molecule has 1 aromatic heterocycles. The number of halogens is 2. The Bertz CT molecular complexity index is 737. The van der Waals surface area contributed by atoms with Crippen molar-refractivity contribution in [2.24, 2.45) is 0 Å². The van der Waals surface area contributed by atoms with Gasteiger partial charge in [-0.05, 0) is 62.7 Å². The number of hydrogen-bond acceptors (Lipinski definition) is 4. The van der Waals surface area contributed by atoms with Gasteiger partial charge < -0.3 is 15.0 Å². The molecular formula is C20H25ClFN3O2. The maximum Gasteiger partial charge on any atom is 0.258 e. The number of ether oxygens (including phenoxy) is 1. The van der Waals surface area contributed by atoms with Crippen molar-refractivity contribution in [3.63, 3.8) is 0 Å². The van der Waals surface area contributed by atoms with Crippen LogP contribution in [0.3, 0.4) is 0 Å². The lowest BCUT2D eigenvalue weighted by Gasteiger charge is -2.31. The molecule has 1 saturated heterocycles. The Kier molecular flexibility index (Phi) is 8.00. The number of carbonyl (C=O) groups excluding carboxylic acids is 1. The molecular weight excluding hydrogens is 369 g/mol. The van der Waals surface area contributed by atoms with Crippen molar-refractivity contribution in [1.82, 2.24) is 15.2 Å². The molecule has 1 aliphatic heterocycles. The van der Waals surface area contributed by atoms with Gasteiger partial charge in [0.15, 0.2) is 0 Å². The van der Waals surface area contributed by atoms with Crippen LogP contribution in [0.1, 0.15) is 35.3 Å². The Morgan fingerprint density at radius 2 is 2.15 bits per heavy atom. The fraction of sp³-hybridized carbons (Fsp3) is 0.400. The molecule has 1 atom stereocenters. The number of hydrogen-bond donors (Lipinski definition) is 1. The summed E-state index contributed by atoms with van der Waals surface area (Å²) in [7, 11) is 1.49. The van der Waals surface area contributed by atoms with Gasteiger partial charge in [-0.15, -0.1) is 12.4 Å². The number of nitrogens with one attached hydrogen (secondary N) is 1. The van der Waals surface area contributed by atoms with E-state index in [-0.39, 0.29) is 29.9 Å². The van der Waals surface area contributed by atoms with Gasteiger partial charge >= 0.3 is 0 Å². The molecule has 0 saturated carbocycles. The van der Waals surface area contributed by atoms with Crippen LogP contribution in [-0.2, 0) is 6.54 Å². The molecule has 1 amide bonds. The molecule has 1 aromatic carbocycles. The first kappa shape index (κ1) is 21.1. The number of methoxy groups -OCH3 is 1. The van der Waals surface area contributed by atoms with Gasteiger partial charge in [-0.25, -0.2) is 4.39 Å². The van der Waals surface area contributed by atoms with Gasteiger partial charge in [0.05, 0.1) is 24.9 Å². The first-order chi connectivity index (χ1) is 12.7. The summed E-state index contributed by atoms with van der Waals surface area (Å²) < 4.78 is 19.1.